The number of nitrogens with zero attached hydrogens (tertiary/aromatic N) is 1. The zero-order chi connectivity index (χ0) is 14.0. The van der Waals surface area contributed by atoms with E-state index in [1.54, 1.807) is 0 Å². The van der Waals surface area contributed by atoms with Crippen molar-refractivity contribution in [2.75, 3.05) is 0 Å². The van der Waals surface area contributed by atoms with Crippen LogP contribution >= 0.6 is 27.3 Å². The molecule has 1 atom stereocenters. The zero-order valence-corrected chi connectivity index (χ0v) is 14.9. The second-order valence-electron chi connectivity index (χ2n) is 7.10. The topological polar surface area (TPSA) is 12.9 Å². The summed E-state index contributed by atoms with van der Waals surface area (Å²) in [4.78, 5) is 5.33. The Morgan fingerprint density at radius 2 is 1.83 bits per heavy atom. The van der Waals surface area contributed by atoms with Gasteiger partial charge in [-0.25, -0.2) is 4.98 Å². The van der Waals surface area contributed by atoms with Crippen molar-refractivity contribution in [3.8, 4) is 0 Å². The smallest absolute Gasteiger partial charge is 0.0928 e. The predicted octanol–water partition coefficient (Wildman–Crippen LogP) is 5.57. The van der Waals surface area contributed by atoms with Gasteiger partial charge in [0.1, 0.15) is 0 Å². The SMILES string of the molecule is CC(C)(C)c1csc(CCCC(Br)C(C)(C)C)n1. The Balaban J connectivity index is 2.43. The van der Waals surface area contributed by atoms with E-state index < -0.39 is 0 Å². The Labute approximate surface area is 125 Å². The summed E-state index contributed by atoms with van der Waals surface area (Å²) in [5, 5.41) is 3.50. The second kappa shape index (κ2) is 6.04. The van der Waals surface area contributed by atoms with Gasteiger partial charge in [-0.2, -0.15) is 0 Å². The molecule has 0 aliphatic rings. The molecular weight excluding hydrogens is 306 g/mol. The van der Waals surface area contributed by atoms with E-state index in [0.29, 0.717) is 10.2 Å². The first kappa shape index (κ1) is 16.2. The number of halogens is 1. The van der Waals surface area contributed by atoms with Gasteiger partial charge in [0.25, 0.3) is 0 Å². The minimum atomic E-state index is 0.179. The Morgan fingerprint density at radius 3 is 2.28 bits per heavy atom. The minimum absolute atomic E-state index is 0.179. The van der Waals surface area contributed by atoms with Gasteiger partial charge in [-0.05, 0) is 24.7 Å². The second-order valence-corrected chi connectivity index (χ2v) is 9.15. The average molecular weight is 332 g/mol. The molecule has 18 heavy (non-hydrogen) atoms. The lowest BCUT2D eigenvalue weighted by Crippen LogP contribution is -2.20. The maximum Gasteiger partial charge on any atom is 0.0928 e. The van der Waals surface area contributed by atoms with Gasteiger partial charge in [0.15, 0.2) is 0 Å². The molecule has 3 heteroatoms. The standard InChI is InChI=1S/C15H26BrNS/c1-14(2,3)11(16)8-7-9-13-17-12(10-18-13)15(4,5)6/h10-11H,7-9H2,1-6H3. The molecule has 0 spiro atoms. The first-order valence-electron chi connectivity index (χ1n) is 6.69. The van der Waals surface area contributed by atoms with E-state index in [1.165, 1.54) is 23.5 Å². The van der Waals surface area contributed by atoms with E-state index >= 15 is 0 Å². The van der Waals surface area contributed by atoms with Crippen molar-refractivity contribution >= 4 is 27.3 Å². The number of rotatable bonds is 4. The largest absolute Gasteiger partial charge is 0.246 e. The molecule has 0 aliphatic heterocycles. The minimum Gasteiger partial charge on any atom is -0.246 e. The average Bonchev–Trinajstić information content (AvgIpc) is 2.64. The molecule has 1 aromatic heterocycles. The first-order valence-corrected chi connectivity index (χ1v) is 8.49. The number of hydrogen-bond donors (Lipinski definition) is 0. The summed E-state index contributed by atoms with van der Waals surface area (Å²) >= 11 is 5.60. The van der Waals surface area contributed by atoms with Crippen LogP contribution in [0.1, 0.15) is 65.1 Å². The molecule has 0 saturated heterocycles. The van der Waals surface area contributed by atoms with Crippen LogP contribution in [0.4, 0.5) is 0 Å². The van der Waals surface area contributed by atoms with Crippen LogP contribution in [0.15, 0.2) is 5.38 Å². The highest BCUT2D eigenvalue weighted by atomic mass is 79.9. The summed E-state index contributed by atoms with van der Waals surface area (Å²) < 4.78 is 0. The van der Waals surface area contributed by atoms with E-state index in [9.17, 15) is 0 Å². The Hall–Kier alpha value is 0.110. The predicted molar refractivity (Wildman–Crippen MR) is 85.9 cm³/mol. The number of aryl methyl sites for hydroxylation is 1. The van der Waals surface area contributed by atoms with Crippen LogP contribution in [-0.4, -0.2) is 9.81 Å². The molecule has 0 aromatic carbocycles. The summed E-state index contributed by atoms with van der Waals surface area (Å²) in [5.41, 5.74) is 1.76. The normalized spacial score (nSPS) is 14.8. The molecule has 0 aliphatic carbocycles. The summed E-state index contributed by atoms with van der Waals surface area (Å²) in [5.74, 6) is 0. The van der Waals surface area contributed by atoms with Crippen LogP contribution in [0.5, 0.6) is 0 Å². The summed E-state index contributed by atoms with van der Waals surface area (Å²) in [7, 11) is 0. The number of thiazole rings is 1. The fourth-order valence-electron chi connectivity index (χ4n) is 1.64. The van der Waals surface area contributed by atoms with Gasteiger partial charge >= 0.3 is 0 Å². The highest BCUT2D eigenvalue weighted by Gasteiger charge is 2.21. The number of alkyl halides is 1. The van der Waals surface area contributed by atoms with Crippen LogP contribution in [0, 0.1) is 5.41 Å². The Morgan fingerprint density at radius 1 is 1.22 bits per heavy atom. The molecule has 1 unspecified atom stereocenters. The van der Waals surface area contributed by atoms with E-state index in [1.807, 2.05) is 11.3 Å². The number of hydrogen-bond acceptors (Lipinski definition) is 2. The molecule has 0 radical (unpaired) electrons. The van der Waals surface area contributed by atoms with Crippen LogP contribution in [-0.2, 0) is 11.8 Å². The first-order chi connectivity index (χ1) is 8.10. The van der Waals surface area contributed by atoms with Crippen molar-refractivity contribution in [1.82, 2.24) is 4.98 Å². The lowest BCUT2D eigenvalue weighted by molar-refractivity contribution is 0.380. The fraction of sp³-hybridized carbons (Fsp3) is 0.800. The van der Waals surface area contributed by atoms with Crippen molar-refractivity contribution in [1.29, 1.82) is 0 Å². The molecule has 0 bridgehead atoms. The van der Waals surface area contributed by atoms with Crippen LogP contribution in [0.3, 0.4) is 0 Å². The molecule has 1 nitrogen and oxygen atoms in total. The Bertz CT molecular complexity index is 371. The van der Waals surface area contributed by atoms with Gasteiger partial charge < -0.3 is 0 Å². The summed E-state index contributed by atoms with van der Waals surface area (Å²) in [6.45, 7) is 13.5. The van der Waals surface area contributed by atoms with E-state index in [0.717, 1.165) is 6.42 Å². The van der Waals surface area contributed by atoms with Crippen LogP contribution in [0.2, 0.25) is 0 Å². The van der Waals surface area contributed by atoms with E-state index in [2.05, 4.69) is 62.9 Å². The van der Waals surface area contributed by atoms with Crippen molar-refractivity contribution < 1.29 is 0 Å². The zero-order valence-electron chi connectivity index (χ0n) is 12.5. The molecule has 0 amide bonds. The maximum atomic E-state index is 4.74. The van der Waals surface area contributed by atoms with E-state index in [4.69, 9.17) is 4.98 Å². The highest BCUT2D eigenvalue weighted by molar-refractivity contribution is 9.09. The molecule has 104 valence electrons. The third kappa shape index (κ3) is 5.00. The van der Waals surface area contributed by atoms with Gasteiger partial charge in [0, 0.05) is 15.6 Å². The van der Waals surface area contributed by atoms with Gasteiger partial charge in [-0.15, -0.1) is 11.3 Å². The molecular formula is C15H26BrNS. The number of aromatic nitrogens is 1. The summed E-state index contributed by atoms with van der Waals surface area (Å²) in [6, 6.07) is 0. The highest BCUT2D eigenvalue weighted by Crippen LogP contribution is 2.30. The maximum absolute atomic E-state index is 4.74. The molecule has 1 aromatic rings. The van der Waals surface area contributed by atoms with Gasteiger partial charge in [-0.3, -0.25) is 0 Å². The van der Waals surface area contributed by atoms with Gasteiger partial charge in [-0.1, -0.05) is 57.5 Å². The van der Waals surface area contributed by atoms with Crippen molar-refractivity contribution in [2.24, 2.45) is 5.41 Å². The van der Waals surface area contributed by atoms with Gasteiger partial charge in [0.05, 0.1) is 10.7 Å². The molecule has 0 N–H and O–H groups in total. The molecule has 1 heterocycles. The fourth-order valence-corrected chi connectivity index (χ4v) is 3.03. The van der Waals surface area contributed by atoms with Crippen LogP contribution < -0.4 is 0 Å². The van der Waals surface area contributed by atoms with Crippen molar-refractivity contribution in [3.05, 3.63) is 16.1 Å². The van der Waals surface area contributed by atoms with Crippen molar-refractivity contribution in [3.63, 3.8) is 0 Å². The molecule has 1 rings (SSSR count). The summed E-state index contributed by atoms with van der Waals surface area (Å²) in [6.07, 6.45) is 3.54. The third-order valence-electron chi connectivity index (χ3n) is 3.11. The molecule has 0 fully saturated rings. The van der Waals surface area contributed by atoms with Crippen molar-refractivity contribution in [2.45, 2.75) is 71.0 Å². The lowest BCUT2D eigenvalue weighted by atomic mass is 9.89. The lowest BCUT2D eigenvalue weighted by Gasteiger charge is -2.25. The van der Waals surface area contributed by atoms with Gasteiger partial charge in [0.2, 0.25) is 0 Å². The Kier molecular flexibility index (Phi) is 5.43. The van der Waals surface area contributed by atoms with E-state index in [-0.39, 0.29) is 5.41 Å². The van der Waals surface area contributed by atoms with Crippen LogP contribution in [0.25, 0.3) is 0 Å². The third-order valence-corrected chi connectivity index (χ3v) is 5.85. The monoisotopic (exact) mass is 331 g/mol. The quantitative estimate of drug-likeness (QED) is 0.657. The molecule has 0 saturated carbocycles.